The predicted molar refractivity (Wildman–Crippen MR) is 101 cm³/mol. The van der Waals surface area contributed by atoms with Gasteiger partial charge in [-0.2, -0.15) is 0 Å². The van der Waals surface area contributed by atoms with Gasteiger partial charge in [0.05, 0.1) is 5.56 Å². The van der Waals surface area contributed by atoms with Gasteiger partial charge in [0, 0.05) is 18.1 Å². The molecule has 2 N–H and O–H groups in total. The minimum absolute atomic E-state index is 0.0587. The van der Waals surface area contributed by atoms with Crippen molar-refractivity contribution < 1.29 is 22.7 Å². The van der Waals surface area contributed by atoms with Gasteiger partial charge in [-0.3, -0.25) is 9.59 Å². The van der Waals surface area contributed by atoms with Crippen molar-refractivity contribution in [2.75, 3.05) is 6.26 Å². The molecule has 1 atom stereocenters. The highest BCUT2D eigenvalue weighted by Crippen LogP contribution is 2.24. The molecule has 0 saturated heterocycles. The van der Waals surface area contributed by atoms with Gasteiger partial charge in [0.2, 0.25) is 0 Å². The Balaban J connectivity index is 1.98. The largest absolute Gasteiger partial charge is 0.426 e. The van der Waals surface area contributed by atoms with Crippen molar-refractivity contribution in [3.05, 3.63) is 40.3 Å². The zero-order valence-electron chi connectivity index (χ0n) is 14.7. The maximum absolute atomic E-state index is 12.5. The molecule has 7 nitrogen and oxygen atoms in total. The third kappa shape index (κ3) is 5.77. The molecule has 0 spiro atoms. The minimum atomic E-state index is -3.36. The van der Waals surface area contributed by atoms with E-state index in [0.717, 1.165) is 37.3 Å². The van der Waals surface area contributed by atoms with Crippen molar-refractivity contribution in [3.63, 3.8) is 0 Å². The molecule has 1 unspecified atom stereocenters. The molecule has 1 aliphatic heterocycles. The molecule has 142 valence electrons. The third-order valence-corrected chi connectivity index (χ3v) is 5.65. The summed E-state index contributed by atoms with van der Waals surface area (Å²) in [5.74, 6) is -0.658. The summed E-state index contributed by atoms with van der Waals surface area (Å²) < 4.78 is 28.3. The first kappa shape index (κ1) is 20.3. The van der Waals surface area contributed by atoms with E-state index in [2.05, 4.69) is 10.6 Å². The molecule has 26 heavy (non-hydrogen) atoms. The first-order valence-electron chi connectivity index (χ1n) is 8.24. The van der Waals surface area contributed by atoms with Gasteiger partial charge in [-0.1, -0.05) is 43.7 Å². The highest BCUT2D eigenvalue weighted by atomic mass is 32.2. The Kier molecular flexibility index (Phi) is 7.10. The Bertz CT molecular complexity index is 805. The first-order valence-corrected chi connectivity index (χ1v) is 11.1. The Morgan fingerprint density at radius 2 is 2.00 bits per heavy atom. The number of hydrogen-bond donors (Lipinski definition) is 2. The SMILES string of the molecule is CCCCCC(=O)Oc1ccccc1C(=O)NC1NC(S(C)(=O)=O)=CS1. The van der Waals surface area contributed by atoms with Gasteiger partial charge in [-0.05, 0) is 18.6 Å². The molecule has 0 fully saturated rings. The average Bonchev–Trinajstić information content (AvgIpc) is 3.04. The molecule has 0 aromatic heterocycles. The van der Waals surface area contributed by atoms with Gasteiger partial charge in [-0.15, -0.1) is 0 Å². The molecular formula is C17H22N2O5S2. The zero-order chi connectivity index (χ0) is 19.2. The number of unbranched alkanes of at least 4 members (excludes halogenated alkanes) is 2. The van der Waals surface area contributed by atoms with Crippen LogP contribution in [0.3, 0.4) is 0 Å². The molecule has 1 amide bonds. The van der Waals surface area contributed by atoms with E-state index in [0.29, 0.717) is 6.42 Å². The quantitative estimate of drug-likeness (QED) is 0.394. The van der Waals surface area contributed by atoms with E-state index in [4.69, 9.17) is 4.74 Å². The summed E-state index contributed by atoms with van der Waals surface area (Å²) in [6.45, 7) is 2.05. The summed E-state index contributed by atoms with van der Waals surface area (Å²) in [5, 5.41) is 6.89. The van der Waals surface area contributed by atoms with Crippen molar-refractivity contribution in [1.82, 2.24) is 10.6 Å². The number of amides is 1. The van der Waals surface area contributed by atoms with E-state index in [1.165, 1.54) is 5.41 Å². The number of carbonyl (C=O) groups is 2. The second-order valence-corrected chi connectivity index (χ2v) is 8.78. The fourth-order valence-corrected chi connectivity index (χ4v) is 4.19. The van der Waals surface area contributed by atoms with Crippen LogP contribution in [-0.4, -0.2) is 32.0 Å². The number of hydrogen-bond acceptors (Lipinski definition) is 7. The van der Waals surface area contributed by atoms with Crippen LogP contribution in [0.25, 0.3) is 0 Å². The van der Waals surface area contributed by atoms with Gasteiger partial charge in [0.1, 0.15) is 10.8 Å². The molecule has 0 saturated carbocycles. The molecule has 9 heteroatoms. The van der Waals surface area contributed by atoms with Crippen LogP contribution in [0.1, 0.15) is 43.0 Å². The lowest BCUT2D eigenvalue weighted by molar-refractivity contribution is -0.134. The second kappa shape index (κ2) is 9.09. The van der Waals surface area contributed by atoms with Crippen LogP contribution in [-0.2, 0) is 14.6 Å². The predicted octanol–water partition coefficient (Wildman–Crippen LogP) is 2.37. The van der Waals surface area contributed by atoms with Crippen molar-refractivity contribution in [1.29, 1.82) is 0 Å². The van der Waals surface area contributed by atoms with Crippen LogP contribution >= 0.6 is 11.8 Å². The van der Waals surface area contributed by atoms with Gasteiger partial charge in [-0.25, -0.2) is 8.42 Å². The number of esters is 1. The lowest BCUT2D eigenvalue weighted by Gasteiger charge is -2.15. The zero-order valence-corrected chi connectivity index (χ0v) is 16.3. The molecule has 1 heterocycles. The average molecular weight is 399 g/mol. The molecule has 0 aliphatic carbocycles. The molecule has 0 bridgehead atoms. The number of thioether (sulfide) groups is 1. The van der Waals surface area contributed by atoms with E-state index in [1.54, 1.807) is 24.3 Å². The second-order valence-electron chi connectivity index (χ2n) is 5.82. The molecule has 1 aromatic rings. The Hall–Kier alpha value is -2.00. The fraction of sp³-hybridized carbons (Fsp3) is 0.412. The Morgan fingerprint density at radius 1 is 1.27 bits per heavy atom. The number of ether oxygens (including phenoxy) is 1. The van der Waals surface area contributed by atoms with Gasteiger partial charge < -0.3 is 15.4 Å². The van der Waals surface area contributed by atoms with Crippen LogP contribution in [0.15, 0.2) is 34.7 Å². The van der Waals surface area contributed by atoms with Crippen molar-refractivity contribution in [2.45, 2.75) is 38.1 Å². The Labute approximate surface area is 157 Å². The van der Waals surface area contributed by atoms with E-state index < -0.39 is 21.2 Å². The number of nitrogens with one attached hydrogen (secondary N) is 2. The van der Waals surface area contributed by atoms with Crippen molar-refractivity contribution in [3.8, 4) is 5.75 Å². The summed E-state index contributed by atoms with van der Waals surface area (Å²) >= 11 is 1.14. The van der Waals surface area contributed by atoms with Crippen molar-refractivity contribution in [2.24, 2.45) is 0 Å². The summed E-state index contributed by atoms with van der Waals surface area (Å²) in [5.41, 5.74) is -0.396. The van der Waals surface area contributed by atoms with Crippen molar-refractivity contribution >= 4 is 33.5 Å². The summed E-state index contributed by atoms with van der Waals surface area (Å²) in [4.78, 5) is 24.4. The van der Waals surface area contributed by atoms with Gasteiger partial charge in [0.25, 0.3) is 5.91 Å². The number of carbonyl (C=O) groups excluding carboxylic acids is 2. The van der Waals surface area contributed by atoms with E-state index in [9.17, 15) is 18.0 Å². The summed E-state index contributed by atoms with van der Waals surface area (Å²) in [6, 6.07) is 6.45. The smallest absolute Gasteiger partial charge is 0.311 e. The maximum atomic E-state index is 12.5. The molecule has 1 aliphatic rings. The Morgan fingerprint density at radius 3 is 2.65 bits per heavy atom. The van der Waals surface area contributed by atoms with Crippen LogP contribution in [0.4, 0.5) is 0 Å². The highest BCUT2D eigenvalue weighted by Gasteiger charge is 2.25. The maximum Gasteiger partial charge on any atom is 0.311 e. The van der Waals surface area contributed by atoms with E-state index >= 15 is 0 Å². The number of benzene rings is 1. The van der Waals surface area contributed by atoms with Gasteiger partial charge in [0.15, 0.2) is 15.3 Å². The summed E-state index contributed by atoms with van der Waals surface area (Å²) in [7, 11) is -3.36. The summed E-state index contributed by atoms with van der Waals surface area (Å²) in [6.07, 6.45) is 4.07. The monoisotopic (exact) mass is 398 g/mol. The lowest BCUT2D eigenvalue weighted by atomic mass is 10.2. The molecule has 1 aromatic carbocycles. The highest BCUT2D eigenvalue weighted by molar-refractivity contribution is 8.04. The lowest BCUT2D eigenvalue weighted by Crippen LogP contribution is -2.41. The van der Waals surface area contributed by atoms with E-state index in [-0.39, 0.29) is 22.3 Å². The minimum Gasteiger partial charge on any atom is -0.426 e. The fourth-order valence-electron chi connectivity index (χ4n) is 2.22. The number of sulfone groups is 1. The third-order valence-electron chi connectivity index (χ3n) is 3.59. The van der Waals surface area contributed by atoms with E-state index in [1.807, 2.05) is 6.92 Å². The molecule has 0 radical (unpaired) electrons. The molecular weight excluding hydrogens is 376 g/mol. The topological polar surface area (TPSA) is 102 Å². The van der Waals surface area contributed by atoms with Crippen LogP contribution in [0, 0.1) is 0 Å². The standard InChI is InChI=1S/C17H22N2O5S2/c1-3-4-5-10-15(20)24-13-9-7-6-8-12(13)16(21)19-17-18-14(11-25-17)26(2,22)23/h6-9,11,17-18H,3-5,10H2,1-2H3,(H,19,21). The van der Waals surface area contributed by atoms with Crippen LogP contribution < -0.4 is 15.4 Å². The van der Waals surface area contributed by atoms with Gasteiger partial charge >= 0.3 is 5.97 Å². The normalized spacial score (nSPS) is 16.5. The molecule has 2 rings (SSSR count). The number of rotatable bonds is 8. The first-order chi connectivity index (χ1) is 12.3. The van der Waals surface area contributed by atoms with Crippen LogP contribution in [0.5, 0.6) is 5.75 Å². The number of para-hydroxylation sites is 1. The van der Waals surface area contributed by atoms with Crippen LogP contribution in [0.2, 0.25) is 0 Å².